The second-order valence-electron chi connectivity index (χ2n) is 6.25. The molecule has 0 radical (unpaired) electrons. The van der Waals surface area contributed by atoms with E-state index in [0.717, 1.165) is 17.2 Å². The molecule has 1 spiro atoms. The van der Waals surface area contributed by atoms with Crippen LogP contribution in [0.25, 0.3) is 5.65 Å². The number of nitrogens with zero attached hydrogens (tertiary/aromatic N) is 3. The number of aromatic nitrogens is 3. The number of fused-ring (bicyclic) bond motifs is 3. The van der Waals surface area contributed by atoms with Gasteiger partial charge in [-0.2, -0.15) is 5.10 Å². The summed E-state index contributed by atoms with van der Waals surface area (Å²) in [5.74, 6) is 1.41. The zero-order chi connectivity index (χ0) is 13.2. The summed E-state index contributed by atoms with van der Waals surface area (Å²) in [5, 5.41) is 5.04. The predicted molar refractivity (Wildman–Crippen MR) is 75.6 cm³/mol. The topological polar surface area (TPSA) is 30.2 Å². The van der Waals surface area contributed by atoms with Crippen molar-refractivity contribution in [3.63, 3.8) is 0 Å². The van der Waals surface area contributed by atoms with E-state index in [9.17, 15) is 0 Å². The Morgan fingerprint density at radius 3 is 2.79 bits per heavy atom. The fourth-order valence-electron chi connectivity index (χ4n) is 4.46. The van der Waals surface area contributed by atoms with Crippen LogP contribution in [0.5, 0.6) is 0 Å². The first-order valence-corrected chi connectivity index (χ1v) is 7.55. The van der Waals surface area contributed by atoms with Crippen LogP contribution >= 0.6 is 11.6 Å². The molecule has 0 amide bonds. The lowest BCUT2D eigenvalue weighted by molar-refractivity contribution is 0.261. The third kappa shape index (κ3) is 1.29. The Kier molecular flexibility index (Phi) is 2.29. The summed E-state index contributed by atoms with van der Waals surface area (Å²) in [6.07, 6.45) is 6.64. The van der Waals surface area contributed by atoms with Gasteiger partial charge in [-0.15, -0.1) is 0 Å². The van der Waals surface area contributed by atoms with Gasteiger partial charge >= 0.3 is 0 Å². The van der Waals surface area contributed by atoms with Crippen molar-refractivity contribution in [3.05, 3.63) is 28.7 Å². The maximum Gasteiger partial charge on any atom is 0.156 e. The van der Waals surface area contributed by atoms with Crippen LogP contribution in [0.1, 0.15) is 44.4 Å². The first-order chi connectivity index (χ1) is 9.14. The third-order valence-electron chi connectivity index (χ3n) is 5.59. The average Bonchev–Trinajstić information content (AvgIpc) is 3.06. The summed E-state index contributed by atoms with van der Waals surface area (Å²) in [4.78, 5) is 4.93. The highest BCUT2D eigenvalue weighted by Gasteiger charge is 2.52. The number of hydrogen-bond acceptors (Lipinski definition) is 2. The largest absolute Gasteiger partial charge is 0.233 e. The first-order valence-electron chi connectivity index (χ1n) is 7.17. The Bertz CT molecular complexity index is 651. The van der Waals surface area contributed by atoms with Gasteiger partial charge in [0.15, 0.2) is 5.65 Å². The van der Waals surface area contributed by atoms with Crippen molar-refractivity contribution < 1.29 is 0 Å². The summed E-state index contributed by atoms with van der Waals surface area (Å²) in [7, 11) is 0. The van der Waals surface area contributed by atoms with E-state index in [1.807, 2.05) is 6.07 Å². The van der Waals surface area contributed by atoms with E-state index in [2.05, 4.69) is 18.9 Å². The van der Waals surface area contributed by atoms with Gasteiger partial charge in [-0.25, -0.2) is 9.50 Å². The molecule has 0 aromatic carbocycles. The highest BCUT2D eigenvalue weighted by atomic mass is 35.5. The van der Waals surface area contributed by atoms with Crippen LogP contribution in [-0.4, -0.2) is 14.6 Å². The molecule has 0 N–H and O–H groups in total. The van der Waals surface area contributed by atoms with E-state index in [4.69, 9.17) is 16.6 Å². The maximum absolute atomic E-state index is 6.55. The SMILES string of the molecule is CC1CCC(C)C12CCc1c2nc2ccnn2c1Cl. The van der Waals surface area contributed by atoms with E-state index in [0.29, 0.717) is 11.8 Å². The van der Waals surface area contributed by atoms with Gasteiger partial charge in [-0.1, -0.05) is 25.4 Å². The second kappa shape index (κ2) is 3.72. The van der Waals surface area contributed by atoms with Crippen LogP contribution in [0.2, 0.25) is 5.15 Å². The van der Waals surface area contributed by atoms with Crippen LogP contribution < -0.4 is 0 Å². The molecule has 4 heteroatoms. The Labute approximate surface area is 118 Å². The fraction of sp³-hybridized carbons (Fsp3) is 0.600. The van der Waals surface area contributed by atoms with Gasteiger partial charge in [0.25, 0.3) is 0 Å². The lowest BCUT2D eigenvalue weighted by Gasteiger charge is -2.33. The van der Waals surface area contributed by atoms with Gasteiger partial charge in [0.1, 0.15) is 5.15 Å². The molecule has 19 heavy (non-hydrogen) atoms. The zero-order valence-electron chi connectivity index (χ0n) is 11.4. The van der Waals surface area contributed by atoms with E-state index in [1.165, 1.54) is 30.5 Å². The summed E-state index contributed by atoms with van der Waals surface area (Å²) >= 11 is 6.55. The van der Waals surface area contributed by atoms with Crippen molar-refractivity contribution in [2.45, 2.75) is 44.9 Å². The van der Waals surface area contributed by atoms with Gasteiger partial charge in [-0.05, 0) is 37.5 Å². The van der Waals surface area contributed by atoms with E-state index >= 15 is 0 Å². The Morgan fingerprint density at radius 2 is 2.05 bits per heavy atom. The van der Waals surface area contributed by atoms with Crippen molar-refractivity contribution in [3.8, 4) is 0 Å². The molecule has 2 aromatic heterocycles. The minimum absolute atomic E-state index is 0.255. The molecule has 1 fully saturated rings. The first kappa shape index (κ1) is 11.7. The van der Waals surface area contributed by atoms with Crippen molar-refractivity contribution in [1.29, 1.82) is 0 Å². The lowest BCUT2D eigenvalue weighted by Crippen LogP contribution is -2.33. The standard InChI is InChI=1S/C15H18ClN3/c1-9-3-4-10(2)15(9)7-5-11-13(15)18-12-6-8-17-19(12)14(11)16/h6,8-10H,3-5,7H2,1-2H3. The summed E-state index contributed by atoms with van der Waals surface area (Å²) in [6.45, 7) is 4.77. The van der Waals surface area contributed by atoms with Crippen LogP contribution in [0.4, 0.5) is 0 Å². The maximum atomic E-state index is 6.55. The van der Waals surface area contributed by atoms with Crippen molar-refractivity contribution >= 4 is 17.2 Å². The second-order valence-corrected chi connectivity index (χ2v) is 6.61. The molecule has 2 atom stereocenters. The van der Waals surface area contributed by atoms with Crippen molar-refractivity contribution in [2.24, 2.45) is 11.8 Å². The predicted octanol–water partition coefficient (Wildman–Crippen LogP) is 3.63. The third-order valence-corrected chi connectivity index (χ3v) is 5.98. The Balaban J connectivity index is 2.02. The Hall–Kier alpha value is -1.09. The lowest BCUT2D eigenvalue weighted by atomic mass is 9.71. The van der Waals surface area contributed by atoms with E-state index in [-0.39, 0.29) is 5.41 Å². The minimum atomic E-state index is 0.255. The van der Waals surface area contributed by atoms with Gasteiger partial charge < -0.3 is 0 Å². The van der Waals surface area contributed by atoms with Gasteiger partial charge in [0, 0.05) is 17.0 Å². The minimum Gasteiger partial charge on any atom is -0.233 e. The highest BCUT2D eigenvalue weighted by Crippen LogP contribution is 2.56. The number of hydrogen-bond donors (Lipinski definition) is 0. The zero-order valence-corrected chi connectivity index (χ0v) is 12.1. The summed E-state index contributed by atoms with van der Waals surface area (Å²) < 4.78 is 1.77. The molecule has 0 bridgehead atoms. The van der Waals surface area contributed by atoms with Crippen LogP contribution in [0.15, 0.2) is 12.3 Å². The molecule has 100 valence electrons. The van der Waals surface area contributed by atoms with E-state index in [1.54, 1.807) is 10.7 Å². The number of halogens is 1. The molecule has 4 rings (SSSR count). The molecular formula is C15H18ClN3. The molecule has 0 aliphatic heterocycles. The highest BCUT2D eigenvalue weighted by molar-refractivity contribution is 6.30. The van der Waals surface area contributed by atoms with Crippen LogP contribution in [0.3, 0.4) is 0 Å². The van der Waals surface area contributed by atoms with Crippen LogP contribution in [-0.2, 0) is 11.8 Å². The van der Waals surface area contributed by atoms with Gasteiger partial charge in [-0.3, -0.25) is 0 Å². The monoisotopic (exact) mass is 275 g/mol. The molecule has 1 saturated carbocycles. The number of rotatable bonds is 0. The Morgan fingerprint density at radius 1 is 1.32 bits per heavy atom. The smallest absolute Gasteiger partial charge is 0.156 e. The molecule has 3 nitrogen and oxygen atoms in total. The molecule has 2 unspecified atom stereocenters. The molecule has 2 aliphatic carbocycles. The van der Waals surface area contributed by atoms with Crippen molar-refractivity contribution in [1.82, 2.24) is 14.6 Å². The molecule has 0 saturated heterocycles. The summed E-state index contributed by atoms with van der Waals surface area (Å²) in [6, 6.07) is 1.95. The summed E-state index contributed by atoms with van der Waals surface area (Å²) in [5.41, 5.74) is 3.64. The molecule has 2 heterocycles. The molecule has 2 aromatic rings. The molecular weight excluding hydrogens is 258 g/mol. The van der Waals surface area contributed by atoms with Crippen LogP contribution in [0, 0.1) is 11.8 Å². The van der Waals surface area contributed by atoms with Gasteiger partial charge in [0.2, 0.25) is 0 Å². The average molecular weight is 276 g/mol. The van der Waals surface area contributed by atoms with Crippen molar-refractivity contribution in [2.75, 3.05) is 0 Å². The van der Waals surface area contributed by atoms with Gasteiger partial charge in [0.05, 0.1) is 11.9 Å². The quantitative estimate of drug-likeness (QED) is 0.687. The fourth-order valence-corrected chi connectivity index (χ4v) is 4.77. The molecule has 2 aliphatic rings. The van der Waals surface area contributed by atoms with E-state index < -0.39 is 0 Å². The normalized spacial score (nSPS) is 33.4.